The monoisotopic (exact) mass is 218 g/mol. The van der Waals surface area contributed by atoms with Crippen molar-refractivity contribution in [1.82, 2.24) is 10.3 Å². The largest absolute Gasteiger partial charge is 0.308 e. The van der Waals surface area contributed by atoms with Crippen LogP contribution in [0.4, 0.5) is 0 Å². The smallest absolute Gasteiger partial charge is 0.0541 e. The first-order valence-electron chi connectivity index (χ1n) is 6.51. The number of aromatic nitrogens is 1. The first-order valence-corrected chi connectivity index (χ1v) is 6.51. The summed E-state index contributed by atoms with van der Waals surface area (Å²) in [7, 11) is 0. The molecule has 0 amide bonds. The van der Waals surface area contributed by atoms with Gasteiger partial charge in [0.2, 0.25) is 0 Å². The molecule has 0 atom stereocenters. The minimum Gasteiger partial charge on any atom is -0.308 e. The van der Waals surface area contributed by atoms with E-state index in [9.17, 15) is 0 Å². The van der Waals surface area contributed by atoms with Gasteiger partial charge in [-0.3, -0.25) is 4.98 Å². The number of pyridine rings is 1. The first-order chi connectivity index (χ1) is 7.88. The number of nitrogens with zero attached hydrogens (tertiary/aromatic N) is 1. The lowest BCUT2D eigenvalue weighted by Crippen LogP contribution is -2.32. The lowest BCUT2D eigenvalue weighted by atomic mass is 9.84. The summed E-state index contributed by atoms with van der Waals surface area (Å²) >= 11 is 0. The van der Waals surface area contributed by atoms with Gasteiger partial charge < -0.3 is 5.32 Å². The second-order valence-corrected chi connectivity index (χ2v) is 4.83. The van der Waals surface area contributed by atoms with E-state index in [-0.39, 0.29) is 0 Å². The molecule has 0 aliphatic heterocycles. The van der Waals surface area contributed by atoms with Crippen molar-refractivity contribution in [2.45, 2.75) is 51.6 Å². The molecule has 0 radical (unpaired) electrons. The van der Waals surface area contributed by atoms with Gasteiger partial charge in [-0.25, -0.2) is 0 Å². The predicted octanol–water partition coefficient (Wildman–Crippen LogP) is 3.14. The topological polar surface area (TPSA) is 24.9 Å². The van der Waals surface area contributed by atoms with E-state index in [0.717, 1.165) is 18.2 Å². The van der Waals surface area contributed by atoms with Gasteiger partial charge in [0, 0.05) is 18.8 Å². The van der Waals surface area contributed by atoms with Gasteiger partial charge in [0.05, 0.1) is 5.69 Å². The van der Waals surface area contributed by atoms with Gasteiger partial charge in [-0.15, -0.1) is 0 Å². The number of rotatable bonds is 4. The number of hydrogen-bond acceptors (Lipinski definition) is 2. The summed E-state index contributed by atoms with van der Waals surface area (Å²) in [4.78, 5) is 4.33. The maximum atomic E-state index is 4.33. The van der Waals surface area contributed by atoms with Crippen LogP contribution < -0.4 is 5.32 Å². The van der Waals surface area contributed by atoms with E-state index in [1.54, 1.807) is 0 Å². The molecule has 2 heteroatoms. The molecular formula is C14H22N2. The van der Waals surface area contributed by atoms with Crippen LogP contribution in [0.5, 0.6) is 0 Å². The summed E-state index contributed by atoms with van der Waals surface area (Å²) < 4.78 is 0. The summed E-state index contributed by atoms with van der Waals surface area (Å²) in [6.07, 6.45) is 8.70. The van der Waals surface area contributed by atoms with Crippen LogP contribution in [-0.4, -0.2) is 11.0 Å². The summed E-state index contributed by atoms with van der Waals surface area (Å²) in [5.74, 6) is 0.980. The Balaban J connectivity index is 1.72. The van der Waals surface area contributed by atoms with Gasteiger partial charge in [0.25, 0.3) is 0 Å². The number of hydrogen-bond donors (Lipinski definition) is 1. The molecule has 2 nitrogen and oxygen atoms in total. The van der Waals surface area contributed by atoms with Crippen LogP contribution in [0.25, 0.3) is 0 Å². The second-order valence-electron chi connectivity index (χ2n) is 4.83. The molecule has 0 saturated heterocycles. The Morgan fingerprint density at radius 2 is 2.06 bits per heavy atom. The van der Waals surface area contributed by atoms with Crippen LogP contribution in [0.2, 0.25) is 0 Å². The molecule has 1 aromatic rings. The van der Waals surface area contributed by atoms with E-state index in [1.807, 2.05) is 12.3 Å². The van der Waals surface area contributed by atoms with E-state index in [1.165, 1.54) is 32.1 Å². The summed E-state index contributed by atoms with van der Waals surface area (Å²) in [6, 6.07) is 6.82. The summed E-state index contributed by atoms with van der Waals surface area (Å²) in [5.41, 5.74) is 1.15. The summed E-state index contributed by atoms with van der Waals surface area (Å²) in [6.45, 7) is 3.23. The standard InChI is InChI=1S/C14H22N2/c1-2-12-6-8-13(9-7-12)16-11-14-5-3-4-10-15-14/h3-5,10,12-13,16H,2,6-9,11H2,1H3. The zero-order valence-corrected chi connectivity index (χ0v) is 10.2. The highest BCUT2D eigenvalue weighted by Crippen LogP contribution is 2.26. The van der Waals surface area contributed by atoms with Gasteiger partial charge in [-0.05, 0) is 43.7 Å². The van der Waals surface area contributed by atoms with E-state index >= 15 is 0 Å². The fourth-order valence-corrected chi connectivity index (χ4v) is 2.53. The third-order valence-electron chi connectivity index (χ3n) is 3.72. The summed E-state index contributed by atoms with van der Waals surface area (Å²) in [5, 5.41) is 3.62. The molecule has 1 aliphatic rings. The fraction of sp³-hybridized carbons (Fsp3) is 0.643. The maximum absolute atomic E-state index is 4.33. The van der Waals surface area contributed by atoms with Gasteiger partial charge in [-0.2, -0.15) is 0 Å². The second kappa shape index (κ2) is 6.00. The van der Waals surface area contributed by atoms with Crippen LogP contribution in [0, 0.1) is 5.92 Å². The minimum absolute atomic E-state index is 0.713. The molecule has 1 saturated carbocycles. The Bertz CT molecular complexity index is 289. The Morgan fingerprint density at radius 1 is 1.25 bits per heavy atom. The molecule has 1 N–H and O–H groups in total. The highest BCUT2D eigenvalue weighted by Gasteiger charge is 2.19. The molecule has 1 aliphatic carbocycles. The van der Waals surface area contributed by atoms with E-state index < -0.39 is 0 Å². The van der Waals surface area contributed by atoms with E-state index in [2.05, 4.69) is 29.4 Å². The molecule has 0 spiro atoms. The number of nitrogens with one attached hydrogen (secondary N) is 1. The third-order valence-corrected chi connectivity index (χ3v) is 3.72. The highest BCUT2D eigenvalue weighted by molar-refractivity contribution is 5.03. The molecule has 0 aromatic carbocycles. The SMILES string of the molecule is CCC1CCC(NCc2ccccn2)CC1. The van der Waals surface area contributed by atoms with Crippen molar-refractivity contribution in [3.63, 3.8) is 0 Å². The third kappa shape index (κ3) is 3.31. The fourth-order valence-electron chi connectivity index (χ4n) is 2.53. The van der Waals surface area contributed by atoms with Crippen LogP contribution in [0.3, 0.4) is 0 Å². The van der Waals surface area contributed by atoms with Gasteiger partial charge in [0.15, 0.2) is 0 Å². The zero-order valence-electron chi connectivity index (χ0n) is 10.2. The first kappa shape index (κ1) is 11.6. The van der Waals surface area contributed by atoms with Crippen LogP contribution in [0.15, 0.2) is 24.4 Å². The lowest BCUT2D eigenvalue weighted by Gasteiger charge is -2.28. The Kier molecular flexibility index (Phi) is 4.34. The van der Waals surface area contributed by atoms with E-state index in [4.69, 9.17) is 0 Å². The molecular weight excluding hydrogens is 196 g/mol. The average Bonchev–Trinajstić information content (AvgIpc) is 2.38. The van der Waals surface area contributed by atoms with Crippen molar-refractivity contribution in [3.05, 3.63) is 30.1 Å². The minimum atomic E-state index is 0.713. The molecule has 88 valence electrons. The normalized spacial score (nSPS) is 25.6. The molecule has 1 fully saturated rings. The van der Waals surface area contributed by atoms with Crippen LogP contribution in [0.1, 0.15) is 44.7 Å². The van der Waals surface area contributed by atoms with Crippen molar-refractivity contribution >= 4 is 0 Å². The highest BCUT2D eigenvalue weighted by atomic mass is 14.9. The molecule has 1 aromatic heterocycles. The van der Waals surface area contributed by atoms with Crippen LogP contribution in [-0.2, 0) is 6.54 Å². The molecule has 1 heterocycles. The Morgan fingerprint density at radius 3 is 2.69 bits per heavy atom. The van der Waals surface area contributed by atoms with Crippen molar-refractivity contribution in [3.8, 4) is 0 Å². The Hall–Kier alpha value is -0.890. The molecule has 16 heavy (non-hydrogen) atoms. The quantitative estimate of drug-likeness (QED) is 0.839. The van der Waals surface area contributed by atoms with Gasteiger partial charge >= 0.3 is 0 Å². The lowest BCUT2D eigenvalue weighted by molar-refractivity contribution is 0.284. The maximum Gasteiger partial charge on any atom is 0.0541 e. The van der Waals surface area contributed by atoms with Crippen molar-refractivity contribution in [2.24, 2.45) is 5.92 Å². The van der Waals surface area contributed by atoms with Crippen molar-refractivity contribution < 1.29 is 0 Å². The molecule has 2 rings (SSSR count). The molecule has 0 unspecified atom stereocenters. The molecule has 0 bridgehead atoms. The zero-order chi connectivity index (χ0) is 11.2. The predicted molar refractivity (Wildman–Crippen MR) is 67.1 cm³/mol. The van der Waals surface area contributed by atoms with Crippen molar-refractivity contribution in [2.75, 3.05) is 0 Å². The Labute approximate surface area is 98.5 Å². The van der Waals surface area contributed by atoms with Crippen LogP contribution >= 0.6 is 0 Å². The van der Waals surface area contributed by atoms with E-state index in [0.29, 0.717) is 6.04 Å². The van der Waals surface area contributed by atoms with Gasteiger partial charge in [0.1, 0.15) is 0 Å². The van der Waals surface area contributed by atoms with Gasteiger partial charge in [-0.1, -0.05) is 19.4 Å². The van der Waals surface area contributed by atoms with Crippen molar-refractivity contribution in [1.29, 1.82) is 0 Å². The average molecular weight is 218 g/mol.